The molecule has 0 aromatic rings. The summed E-state index contributed by atoms with van der Waals surface area (Å²) < 4.78 is 0. The predicted octanol–water partition coefficient (Wildman–Crippen LogP) is 21.8. The van der Waals surface area contributed by atoms with E-state index in [1.165, 1.54) is 168 Å². The second-order valence-corrected chi connectivity index (χ2v) is 35.7. The van der Waals surface area contributed by atoms with Crippen LogP contribution in [-0.2, 0) is 0 Å². The van der Waals surface area contributed by atoms with E-state index < -0.39 is 0 Å². The van der Waals surface area contributed by atoms with Crippen molar-refractivity contribution in [2.75, 3.05) is 85.6 Å². The van der Waals surface area contributed by atoms with Crippen LogP contribution in [0.15, 0.2) is 0 Å². The lowest BCUT2D eigenvalue weighted by atomic mass is 9.79. The Morgan fingerprint density at radius 2 is 0.728 bits per heavy atom. The monoisotopic (exact) mass is 1300 g/mol. The number of hydrogen-bond donors (Lipinski definition) is 2. The van der Waals surface area contributed by atoms with E-state index in [1.807, 2.05) is 13.8 Å². The average molecular weight is 1300 g/mol. The van der Waals surface area contributed by atoms with Crippen molar-refractivity contribution >= 4 is 0 Å². The van der Waals surface area contributed by atoms with Crippen molar-refractivity contribution in [2.24, 2.45) is 76.9 Å². The van der Waals surface area contributed by atoms with Gasteiger partial charge in [-0.2, -0.15) is 0 Å². The van der Waals surface area contributed by atoms with Crippen molar-refractivity contribution in [3.63, 3.8) is 0 Å². The zero-order valence-electron chi connectivity index (χ0n) is 70.4. The van der Waals surface area contributed by atoms with Crippen LogP contribution in [0.2, 0.25) is 0 Å². The van der Waals surface area contributed by atoms with Gasteiger partial charge in [0.05, 0.1) is 0 Å². The van der Waals surface area contributed by atoms with Crippen molar-refractivity contribution < 1.29 is 0 Å². The lowest BCUT2D eigenvalue weighted by molar-refractivity contribution is 0.0843. The molecule has 5 saturated heterocycles. The van der Waals surface area contributed by atoms with Gasteiger partial charge in [-0.05, 0) is 323 Å². The molecule has 0 amide bonds. The van der Waals surface area contributed by atoms with Crippen LogP contribution in [0.5, 0.6) is 0 Å². The Bertz CT molecular complexity index is 1480. The first-order valence-corrected chi connectivity index (χ1v) is 40.6. The fourth-order valence-corrected chi connectivity index (χ4v) is 13.6. The van der Waals surface area contributed by atoms with Crippen LogP contribution in [0, 0.1) is 76.9 Å². The summed E-state index contributed by atoms with van der Waals surface area (Å²) in [6, 6.07) is 5.77. The lowest BCUT2D eigenvalue weighted by Crippen LogP contribution is -2.46. The van der Waals surface area contributed by atoms with Gasteiger partial charge < -0.3 is 35.1 Å². The average Bonchev–Trinajstić information content (AvgIpc) is 2.98. The van der Waals surface area contributed by atoms with Gasteiger partial charge in [0.15, 0.2) is 0 Å². The highest BCUT2D eigenvalue weighted by Crippen LogP contribution is 2.31. The summed E-state index contributed by atoms with van der Waals surface area (Å²) >= 11 is 0. The fraction of sp³-hybridized carbons (Fsp3) is 1.00. The van der Waals surface area contributed by atoms with Gasteiger partial charge in [-0.1, -0.05) is 145 Å². The normalized spacial score (nSPS) is 23.4. The molecule has 2 N–H and O–H groups in total. The summed E-state index contributed by atoms with van der Waals surface area (Å²) in [5, 5.41) is 7.02. The van der Waals surface area contributed by atoms with Crippen LogP contribution < -0.4 is 10.6 Å². The minimum Gasteiger partial charge on any atom is -0.315 e. The molecule has 8 heteroatoms. The molecule has 6 rings (SSSR count). The van der Waals surface area contributed by atoms with Crippen molar-refractivity contribution in [1.29, 1.82) is 0 Å². The zero-order chi connectivity index (χ0) is 71.6. The van der Waals surface area contributed by atoms with E-state index in [-0.39, 0.29) is 0 Å². The maximum absolute atomic E-state index is 3.64. The van der Waals surface area contributed by atoms with E-state index in [2.05, 4.69) is 269 Å². The first-order chi connectivity index (χ1) is 42.7. The second kappa shape index (κ2) is 54.5. The van der Waals surface area contributed by atoms with Gasteiger partial charge in [-0.25, -0.2) is 0 Å². The molecular weight excluding hydrogens is 1120 g/mol. The van der Waals surface area contributed by atoms with Crippen molar-refractivity contribution in [2.45, 2.75) is 386 Å². The molecule has 5 heterocycles. The molecule has 558 valence electrons. The summed E-state index contributed by atoms with van der Waals surface area (Å²) in [5.41, 5.74) is 0.384. The fourth-order valence-electron chi connectivity index (χ4n) is 13.6. The maximum Gasteiger partial charge on any atom is 0.0125 e. The first-order valence-electron chi connectivity index (χ1n) is 40.6. The number of rotatable bonds is 19. The highest BCUT2D eigenvalue weighted by Gasteiger charge is 2.29. The molecular formula is C84H182N8. The summed E-state index contributed by atoms with van der Waals surface area (Å²) in [6.45, 7) is 93.2. The van der Waals surface area contributed by atoms with Gasteiger partial charge in [0.25, 0.3) is 0 Å². The molecule has 5 aliphatic heterocycles. The van der Waals surface area contributed by atoms with Crippen LogP contribution in [0.1, 0.15) is 332 Å². The number of nitrogens with zero attached hydrogens (tertiary/aromatic N) is 6. The van der Waals surface area contributed by atoms with Crippen LogP contribution in [0.25, 0.3) is 0 Å². The lowest BCUT2D eigenvalue weighted by Gasteiger charge is -2.40. The van der Waals surface area contributed by atoms with Crippen molar-refractivity contribution in [3.05, 3.63) is 0 Å². The molecule has 92 heavy (non-hydrogen) atoms. The summed E-state index contributed by atoms with van der Waals surface area (Å²) in [4.78, 5) is 15.4. The van der Waals surface area contributed by atoms with Gasteiger partial charge in [0, 0.05) is 80.1 Å². The largest absolute Gasteiger partial charge is 0.315 e. The molecule has 4 atom stereocenters. The van der Waals surface area contributed by atoms with Crippen LogP contribution in [-0.4, -0.2) is 169 Å². The topological polar surface area (TPSA) is 43.5 Å². The molecule has 1 saturated carbocycles. The van der Waals surface area contributed by atoms with E-state index in [9.17, 15) is 0 Å². The first kappa shape index (κ1) is 95.9. The number of likely N-dealkylation sites (tertiary alicyclic amines) is 5. The Balaban J connectivity index is -0.000000982. The molecule has 6 fully saturated rings. The molecule has 8 nitrogen and oxygen atoms in total. The van der Waals surface area contributed by atoms with Crippen LogP contribution in [0.4, 0.5) is 0 Å². The highest BCUT2D eigenvalue weighted by atomic mass is 15.2. The quantitative estimate of drug-likeness (QED) is 0.133. The van der Waals surface area contributed by atoms with Gasteiger partial charge >= 0.3 is 0 Å². The Kier molecular flexibility index (Phi) is 56.8. The number of piperidine rings is 4. The summed E-state index contributed by atoms with van der Waals surface area (Å²) in [6.07, 6.45) is 21.0. The molecule has 0 aromatic carbocycles. The Hall–Kier alpha value is -0.320. The van der Waals surface area contributed by atoms with Crippen molar-refractivity contribution in [3.8, 4) is 0 Å². The van der Waals surface area contributed by atoms with E-state index in [0.717, 1.165) is 114 Å². The smallest absolute Gasteiger partial charge is 0.0125 e. The molecule has 0 bridgehead atoms. The second-order valence-electron chi connectivity index (χ2n) is 35.7. The summed E-state index contributed by atoms with van der Waals surface area (Å²) in [5.74, 6) is 11.8. The molecule has 0 spiro atoms. The number of nitrogens with one attached hydrogen (secondary N) is 2. The van der Waals surface area contributed by atoms with Gasteiger partial charge in [-0.15, -0.1) is 0 Å². The third kappa shape index (κ3) is 49.2. The van der Waals surface area contributed by atoms with E-state index >= 15 is 0 Å². The highest BCUT2D eigenvalue weighted by molar-refractivity contribution is 4.84. The van der Waals surface area contributed by atoms with E-state index in [4.69, 9.17) is 0 Å². The summed E-state index contributed by atoms with van der Waals surface area (Å²) in [7, 11) is 2.19. The standard InChI is InChI=1S/C12H25N.3C11H23N.2C10H21N.C9H21N.C8H19N.C2H6/c1-9(2)11-5-7-12(8-6-11)13-10(3)4;1-9(2)11-5-7-12(8-6-11)10(3)4;2*1-9(2)11-6-5-7-12(8-11)10(3)4;1-8(2)10-5-6-11(7-10)9(3)4;1-9-6-5-7-11(8-9)10(2,3)4;1-8(2)6-7-10(5)9(3)4;1-7(2)5-6-9-8(3)4;1-2/h9-13H,5-8H2,1-4H3;3*9-11H,5-8H2,1-4H3;8-10H,5-7H2,1-4H3;9H,5-8H2,1-4H3;8-9H,6-7H2,1-5H3;7-9H,5-6H2,1-4H3;1-2H3/t;;11-;;;9-;;;/m..1..0.../s1. The Morgan fingerprint density at radius 1 is 0.380 bits per heavy atom. The van der Waals surface area contributed by atoms with Gasteiger partial charge in [0.1, 0.15) is 0 Å². The molecule has 1 aliphatic carbocycles. The van der Waals surface area contributed by atoms with Gasteiger partial charge in [-0.3, -0.25) is 4.90 Å². The number of hydrogen-bond acceptors (Lipinski definition) is 8. The van der Waals surface area contributed by atoms with E-state index in [1.54, 1.807) is 0 Å². The third-order valence-electron chi connectivity index (χ3n) is 21.6. The predicted molar refractivity (Wildman–Crippen MR) is 422 cm³/mol. The minimum absolute atomic E-state index is 0.384. The molecule has 0 aromatic heterocycles. The molecule has 0 radical (unpaired) electrons. The SMILES string of the molecule is CC.CC(C)C1CCCN(C(C)C)C1.CC(C)C1CCN(C(C)C)C1.CC(C)C1CCN(C(C)C)CC1.CC(C)CCN(C)C(C)C.CC(C)CCNC(C)C.CC(C)NC1CCC(C(C)C)CC1.CC(C)[C@@H]1CCCN(C(C)C)C1.C[C@H]1CCCN(C(C)(C)C)C1. The van der Waals surface area contributed by atoms with Gasteiger partial charge in [0.2, 0.25) is 0 Å². The van der Waals surface area contributed by atoms with Crippen LogP contribution >= 0.6 is 0 Å². The van der Waals surface area contributed by atoms with Crippen molar-refractivity contribution in [1.82, 2.24) is 40.0 Å². The maximum atomic E-state index is 3.64. The Labute approximate surface area is 585 Å². The third-order valence-corrected chi connectivity index (χ3v) is 21.6. The van der Waals surface area contributed by atoms with E-state index in [0.29, 0.717) is 23.7 Å². The van der Waals surface area contributed by atoms with Crippen LogP contribution in [0.3, 0.4) is 0 Å². The molecule has 6 aliphatic rings. The Morgan fingerprint density at radius 3 is 1.02 bits per heavy atom. The minimum atomic E-state index is 0.384. The molecule has 2 unspecified atom stereocenters. The zero-order valence-corrected chi connectivity index (χ0v) is 70.4.